The smallest absolute Gasteiger partial charge is 0.168 e. The number of pyridine rings is 1. The number of ether oxygens (including phenoxy) is 1. The number of rotatable bonds is 4. The van der Waals surface area contributed by atoms with Gasteiger partial charge in [0.15, 0.2) is 6.29 Å². The molecule has 0 fully saturated rings. The second-order valence-corrected chi connectivity index (χ2v) is 5.19. The van der Waals surface area contributed by atoms with Crippen LogP contribution >= 0.6 is 0 Å². The molecule has 0 radical (unpaired) electrons. The van der Waals surface area contributed by atoms with Gasteiger partial charge in [0.1, 0.15) is 23.2 Å². The van der Waals surface area contributed by atoms with Gasteiger partial charge in [0.2, 0.25) is 0 Å². The van der Waals surface area contributed by atoms with Crippen molar-refractivity contribution >= 4 is 11.9 Å². The number of nitriles is 1. The van der Waals surface area contributed by atoms with E-state index in [0.29, 0.717) is 34.7 Å². The number of carbonyl (C=O) groups is 1. The first-order valence-electron chi connectivity index (χ1n) is 7.17. The molecule has 0 spiro atoms. The third-order valence-electron chi connectivity index (χ3n) is 3.92. The number of methoxy groups -OCH3 is 1. The van der Waals surface area contributed by atoms with Gasteiger partial charge >= 0.3 is 0 Å². The number of para-hydroxylation sites is 1. The fourth-order valence-corrected chi connectivity index (χ4v) is 2.76. The van der Waals surface area contributed by atoms with Crippen LogP contribution in [-0.2, 0) is 6.42 Å². The summed E-state index contributed by atoms with van der Waals surface area (Å²) in [7, 11) is 1.62. The number of carbonyl (C=O) groups excluding carboxylic acids is 1. The highest BCUT2D eigenvalue weighted by Gasteiger charge is 2.16. The highest BCUT2D eigenvalue weighted by Crippen LogP contribution is 2.24. The summed E-state index contributed by atoms with van der Waals surface area (Å²) in [5, 5.41) is 9.16. The Hall–Kier alpha value is -3.13. The molecule has 0 saturated heterocycles. The molecule has 1 aromatic carbocycles. The number of aldehydes is 1. The second kappa shape index (κ2) is 5.93. The molecule has 3 rings (SSSR count). The first-order valence-corrected chi connectivity index (χ1v) is 7.17. The van der Waals surface area contributed by atoms with E-state index in [4.69, 9.17) is 10.00 Å². The molecular formula is C18H15N3O2. The summed E-state index contributed by atoms with van der Waals surface area (Å²) in [4.78, 5) is 16.2. The minimum Gasteiger partial charge on any atom is -0.496 e. The Labute approximate surface area is 133 Å². The fourth-order valence-electron chi connectivity index (χ4n) is 2.76. The van der Waals surface area contributed by atoms with E-state index in [-0.39, 0.29) is 0 Å². The summed E-state index contributed by atoms with van der Waals surface area (Å²) in [6.45, 7) is 1.81. The molecule has 5 nitrogen and oxygen atoms in total. The molecule has 3 aromatic rings. The molecule has 0 N–H and O–H groups in total. The molecule has 2 heterocycles. The van der Waals surface area contributed by atoms with Gasteiger partial charge in [-0.2, -0.15) is 5.26 Å². The summed E-state index contributed by atoms with van der Waals surface area (Å²) >= 11 is 0. The highest BCUT2D eigenvalue weighted by atomic mass is 16.5. The zero-order valence-corrected chi connectivity index (χ0v) is 12.9. The summed E-state index contributed by atoms with van der Waals surface area (Å²) in [5.41, 5.74) is 4.00. The maximum Gasteiger partial charge on any atom is 0.168 e. The first-order chi connectivity index (χ1) is 11.2. The fraction of sp³-hybridized carbons (Fsp3) is 0.167. The maximum absolute atomic E-state index is 11.6. The van der Waals surface area contributed by atoms with E-state index in [1.165, 1.54) is 0 Å². The zero-order chi connectivity index (χ0) is 16.4. The van der Waals surface area contributed by atoms with Gasteiger partial charge in [-0.15, -0.1) is 0 Å². The molecule has 0 saturated carbocycles. The van der Waals surface area contributed by atoms with Gasteiger partial charge in [-0.3, -0.25) is 9.20 Å². The average molecular weight is 305 g/mol. The lowest BCUT2D eigenvalue weighted by Crippen LogP contribution is -2.01. The van der Waals surface area contributed by atoms with Crippen LogP contribution in [0.4, 0.5) is 0 Å². The van der Waals surface area contributed by atoms with Crippen molar-refractivity contribution in [1.29, 1.82) is 5.26 Å². The Balaban J connectivity index is 2.17. The lowest BCUT2D eigenvalue weighted by molar-refractivity contribution is 0.111. The van der Waals surface area contributed by atoms with E-state index in [1.807, 2.05) is 31.2 Å². The van der Waals surface area contributed by atoms with Gasteiger partial charge < -0.3 is 4.74 Å². The summed E-state index contributed by atoms with van der Waals surface area (Å²) in [5.74, 6) is 0.760. The van der Waals surface area contributed by atoms with Crippen molar-refractivity contribution in [3.05, 3.63) is 64.6 Å². The minimum absolute atomic E-state index is 0.473. The number of aromatic nitrogens is 2. The van der Waals surface area contributed by atoms with Crippen LogP contribution in [0.5, 0.6) is 5.75 Å². The Bertz CT molecular complexity index is 935. The van der Waals surface area contributed by atoms with Crippen LogP contribution in [0.3, 0.4) is 0 Å². The predicted octanol–water partition coefficient (Wildman–Crippen LogP) is 2.93. The van der Waals surface area contributed by atoms with E-state index in [0.717, 1.165) is 17.6 Å². The third kappa shape index (κ3) is 2.44. The van der Waals surface area contributed by atoms with Gasteiger partial charge in [-0.05, 0) is 25.1 Å². The number of imidazole rings is 1. The number of benzene rings is 1. The average Bonchev–Trinajstić information content (AvgIpc) is 2.93. The Morgan fingerprint density at radius 3 is 2.78 bits per heavy atom. The molecule has 23 heavy (non-hydrogen) atoms. The van der Waals surface area contributed by atoms with Gasteiger partial charge in [0.25, 0.3) is 0 Å². The largest absolute Gasteiger partial charge is 0.496 e. The van der Waals surface area contributed by atoms with Crippen LogP contribution in [0.2, 0.25) is 0 Å². The molecule has 2 aromatic heterocycles. The molecule has 0 aliphatic rings. The zero-order valence-electron chi connectivity index (χ0n) is 12.9. The standard InChI is InChI=1S/C18H15N3O2/c1-12-14(10-19)7-8-18-20-15(16(11-22)21(12)18)9-13-5-3-4-6-17(13)23-2/h3-8,11H,9H2,1-2H3. The van der Waals surface area contributed by atoms with Crippen molar-refractivity contribution < 1.29 is 9.53 Å². The van der Waals surface area contributed by atoms with Crippen molar-refractivity contribution in [2.45, 2.75) is 13.3 Å². The normalized spacial score (nSPS) is 10.5. The van der Waals surface area contributed by atoms with Crippen LogP contribution in [0, 0.1) is 18.3 Å². The summed E-state index contributed by atoms with van der Waals surface area (Å²) < 4.78 is 7.09. The molecule has 0 aliphatic carbocycles. The summed E-state index contributed by atoms with van der Waals surface area (Å²) in [6, 6.07) is 13.3. The van der Waals surface area contributed by atoms with E-state index < -0.39 is 0 Å². The molecule has 114 valence electrons. The van der Waals surface area contributed by atoms with Crippen LogP contribution in [-0.4, -0.2) is 22.8 Å². The quantitative estimate of drug-likeness (QED) is 0.695. The van der Waals surface area contributed by atoms with Crippen molar-refractivity contribution in [2.75, 3.05) is 7.11 Å². The van der Waals surface area contributed by atoms with Gasteiger partial charge in [0, 0.05) is 17.7 Å². The van der Waals surface area contributed by atoms with Crippen LogP contribution < -0.4 is 4.74 Å². The number of hydrogen-bond acceptors (Lipinski definition) is 4. The van der Waals surface area contributed by atoms with E-state index in [9.17, 15) is 4.79 Å². The van der Waals surface area contributed by atoms with Crippen LogP contribution in [0.25, 0.3) is 5.65 Å². The Morgan fingerprint density at radius 1 is 1.30 bits per heavy atom. The van der Waals surface area contributed by atoms with Crippen molar-refractivity contribution in [3.63, 3.8) is 0 Å². The topological polar surface area (TPSA) is 67.4 Å². The van der Waals surface area contributed by atoms with Crippen LogP contribution in [0.15, 0.2) is 36.4 Å². The predicted molar refractivity (Wildman–Crippen MR) is 85.8 cm³/mol. The molecule has 0 bridgehead atoms. The highest BCUT2D eigenvalue weighted by molar-refractivity contribution is 5.77. The SMILES string of the molecule is COc1ccccc1Cc1nc2ccc(C#N)c(C)n2c1C=O. The van der Waals surface area contributed by atoms with Gasteiger partial charge in [0.05, 0.1) is 18.4 Å². The van der Waals surface area contributed by atoms with E-state index in [1.54, 1.807) is 23.6 Å². The maximum atomic E-state index is 11.6. The molecular weight excluding hydrogens is 290 g/mol. The Kier molecular flexibility index (Phi) is 3.82. The second-order valence-electron chi connectivity index (χ2n) is 5.19. The number of nitrogens with zero attached hydrogens (tertiary/aromatic N) is 3. The number of fused-ring (bicyclic) bond motifs is 1. The minimum atomic E-state index is 0.473. The van der Waals surface area contributed by atoms with Gasteiger partial charge in [-0.1, -0.05) is 18.2 Å². The molecule has 0 unspecified atom stereocenters. The Morgan fingerprint density at radius 2 is 2.09 bits per heavy atom. The van der Waals surface area contributed by atoms with Crippen molar-refractivity contribution in [1.82, 2.24) is 9.38 Å². The lowest BCUT2D eigenvalue weighted by Gasteiger charge is -2.07. The molecule has 0 aliphatic heterocycles. The third-order valence-corrected chi connectivity index (χ3v) is 3.92. The first kappa shape index (κ1) is 14.8. The molecule has 0 amide bonds. The molecule has 0 atom stereocenters. The van der Waals surface area contributed by atoms with E-state index in [2.05, 4.69) is 11.1 Å². The van der Waals surface area contributed by atoms with Crippen molar-refractivity contribution in [2.24, 2.45) is 0 Å². The lowest BCUT2D eigenvalue weighted by atomic mass is 10.1. The molecule has 5 heteroatoms. The van der Waals surface area contributed by atoms with Gasteiger partial charge in [-0.25, -0.2) is 4.98 Å². The monoisotopic (exact) mass is 305 g/mol. The van der Waals surface area contributed by atoms with Crippen LogP contribution in [0.1, 0.15) is 33.0 Å². The van der Waals surface area contributed by atoms with E-state index >= 15 is 0 Å². The van der Waals surface area contributed by atoms with Crippen molar-refractivity contribution in [3.8, 4) is 11.8 Å². The summed E-state index contributed by atoms with van der Waals surface area (Å²) in [6.07, 6.45) is 1.28. The number of hydrogen-bond donors (Lipinski definition) is 0. The number of aryl methyl sites for hydroxylation is 1.